The van der Waals surface area contributed by atoms with E-state index in [2.05, 4.69) is 16.8 Å². The maximum Gasteiger partial charge on any atom is 0.337 e. The van der Waals surface area contributed by atoms with E-state index in [4.69, 9.17) is 18.9 Å². The van der Waals surface area contributed by atoms with Crippen molar-refractivity contribution in [3.63, 3.8) is 0 Å². The van der Waals surface area contributed by atoms with Crippen LogP contribution in [0, 0.1) is 0 Å². The summed E-state index contributed by atoms with van der Waals surface area (Å²) in [5.74, 6) is 0.0456. The molecule has 0 amide bonds. The second-order valence-corrected chi connectivity index (χ2v) is 6.28. The summed E-state index contributed by atoms with van der Waals surface area (Å²) < 4.78 is 20.7. The molecule has 9 heteroatoms. The second kappa shape index (κ2) is 9.08. The van der Waals surface area contributed by atoms with E-state index in [0.717, 1.165) is 0 Å². The van der Waals surface area contributed by atoms with Gasteiger partial charge in [-0.25, -0.2) is 9.59 Å². The molecule has 3 aromatic rings. The van der Waals surface area contributed by atoms with Crippen LogP contribution >= 0.6 is 0 Å². The molecule has 30 heavy (non-hydrogen) atoms. The number of aromatic nitrogens is 3. The maximum absolute atomic E-state index is 11.7. The summed E-state index contributed by atoms with van der Waals surface area (Å²) in [5, 5.41) is 8.83. The van der Waals surface area contributed by atoms with Gasteiger partial charge in [0.15, 0.2) is 11.5 Å². The summed E-state index contributed by atoms with van der Waals surface area (Å²) >= 11 is 0. The van der Waals surface area contributed by atoms with Crippen LogP contribution in [0.5, 0.6) is 11.5 Å². The van der Waals surface area contributed by atoms with Crippen LogP contribution in [0.2, 0.25) is 0 Å². The molecule has 0 unspecified atom stereocenters. The molecule has 0 aliphatic carbocycles. The number of carbonyl (C=O) groups is 2. The first-order valence-electron chi connectivity index (χ1n) is 9.02. The van der Waals surface area contributed by atoms with E-state index in [0.29, 0.717) is 39.4 Å². The zero-order valence-corrected chi connectivity index (χ0v) is 16.9. The fourth-order valence-corrected chi connectivity index (χ4v) is 2.58. The highest BCUT2D eigenvalue weighted by Gasteiger charge is 2.13. The first-order valence-corrected chi connectivity index (χ1v) is 9.02. The molecule has 2 aromatic carbocycles. The average Bonchev–Trinajstić information content (AvgIpc) is 3.19. The topological polar surface area (TPSA) is 102 Å². The minimum absolute atomic E-state index is 0.0885. The van der Waals surface area contributed by atoms with Gasteiger partial charge in [-0.2, -0.15) is 4.80 Å². The van der Waals surface area contributed by atoms with E-state index < -0.39 is 11.9 Å². The third-order valence-electron chi connectivity index (χ3n) is 4.10. The van der Waals surface area contributed by atoms with E-state index in [1.165, 1.54) is 19.0 Å². The van der Waals surface area contributed by atoms with Crippen LogP contribution in [0.4, 0.5) is 0 Å². The Kier molecular flexibility index (Phi) is 6.31. The SMILES string of the molecule is C=C(C)C(=O)OCCOc1ccc(-n2nc3ccc(C(=O)OC)cc3n2)cc1OC. The smallest absolute Gasteiger partial charge is 0.337 e. The van der Waals surface area contributed by atoms with Gasteiger partial charge in [0, 0.05) is 11.6 Å². The fourth-order valence-electron chi connectivity index (χ4n) is 2.58. The van der Waals surface area contributed by atoms with Gasteiger partial charge in [-0.15, -0.1) is 10.2 Å². The van der Waals surface area contributed by atoms with Crippen molar-refractivity contribution in [3.8, 4) is 17.2 Å². The first-order chi connectivity index (χ1) is 14.4. The van der Waals surface area contributed by atoms with E-state index >= 15 is 0 Å². The average molecular weight is 411 g/mol. The summed E-state index contributed by atoms with van der Waals surface area (Å²) in [5.41, 5.74) is 2.54. The number of esters is 2. The van der Waals surface area contributed by atoms with Gasteiger partial charge in [-0.05, 0) is 37.3 Å². The van der Waals surface area contributed by atoms with Crippen LogP contribution in [0.15, 0.2) is 48.6 Å². The number of ether oxygens (including phenoxy) is 4. The number of benzene rings is 2. The number of fused-ring (bicyclic) bond motifs is 1. The lowest BCUT2D eigenvalue weighted by Gasteiger charge is -2.12. The summed E-state index contributed by atoms with van der Waals surface area (Å²) in [6.45, 7) is 5.35. The van der Waals surface area contributed by atoms with Gasteiger partial charge in [0.2, 0.25) is 0 Å². The standard InChI is InChI=1S/C21H21N3O6/c1-13(2)20(25)30-10-9-29-18-8-6-15(12-19(18)27-3)24-22-16-7-5-14(21(26)28-4)11-17(16)23-24/h5-8,11-12H,1,9-10H2,2-4H3. The highest BCUT2D eigenvalue weighted by Crippen LogP contribution is 2.29. The number of hydrogen-bond donors (Lipinski definition) is 0. The number of hydrogen-bond acceptors (Lipinski definition) is 8. The first kappa shape index (κ1) is 20.8. The van der Waals surface area contributed by atoms with Gasteiger partial charge < -0.3 is 18.9 Å². The van der Waals surface area contributed by atoms with Gasteiger partial charge >= 0.3 is 11.9 Å². The van der Waals surface area contributed by atoms with Gasteiger partial charge in [0.25, 0.3) is 0 Å². The Morgan fingerprint density at radius 1 is 1.00 bits per heavy atom. The Morgan fingerprint density at radius 2 is 1.77 bits per heavy atom. The zero-order chi connectivity index (χ0) is 21.7. The van der Waals surface area contributed by atoms with Gasteiger partial charge in [-0.3, -0.25) is 0 Å². The third-order valence-corrected chi connectivity index (χ3v) is 4.10. The Balaban J connectivity index is 1.76. The summed E-state index contributed by atoms with van der Waals surface area (Å²) in [4.78, 5) is 24.5. The monoisotopic (exact) mass is 411 g/mol. The molecule has 0 N–H and O–H groups in total. The Morgan fingerprint density at radius 3 is 2.47 bits per heavy atom. The van der Waals surface area contributed by atoms with Crippen LogP contribution in [-0.2, 0) is 14.3 Å². The summed E-state index contributed by atoms with van der Waals surface area (Å²) in [7, 11) is 2.84. The molecule has 0 saturated carbocycles. The second-order valence-electron chi connectivity index (χ2n) is 6.28. The minimum Gasteiger partial charge on any atom is -0.493 e. The lowest BCUT2D eigenvalue weighted by molar-refractivity contribution is -0.139. The molecule has 0 fully saturated rings. The number of carbonyl (C=O) groups excluding carboxylic acids is 2. The Hall–Kier alpha value is -3.88. The van der Waals surface area contributed by atoms with Crippen molar-refractivity contribution in [3.05, 3.63) is 54.1 Å². The largest absolute Gasteiger partial charge is 0.493 e. The predicted octanol–water partition coefficient (Wildman–Crippen LogP) is 2.71. The molecule has 1 aromatic heterocycles. The van der Waals surface area contributed by atoms with E-state index in [9.17, 15) is 9.59 Å². The highest BCUT2D eigenvalue weighted by atomic mass is 16.6. The minimum atomic E-state index is -0.465. The summed E-state index contributed by atoms with van der Waals surface area (Å²) in [6, 6.07) is 10.1. The number of rotatable bonds is 8. The van der Waals surface area contributed by atoms with Gasteiger partial charge in [0.1, 0.15) is 24.2 Å². The van der Waals surface area contributed by atoms with Crippen molar-refractivity contribution in [2.45, 2.75) is 6.92 Å². The molecule has 0 spiro atoms. The van der Waals surface area contributed by atoms with Crippen LogP contribution in [0.25, 0.3) is 16.7 Å². The van der Waals surface area contributed by atoms with E-state index in [1.807, 2.05) is 0 Å². The normalized spacial score (nSPS) is 10.5. The fraction of sp³-hybridized carbons (Fsp3) is 0.238. The van der Waals surface area contributed by atoms with Crippen LogP contribution in [-0.4, -0.2) is 54.4 Å². The number of methoxy groups -OCH3 is 2. The quantitative estimate of drug-likeness (QED) is 0.317. The van der Waals surface area contributed by atoms with Crippen LogP contribution in [0.1, 0.15) is 17.3 Å². The molecular weight excluding hydrogens is 390 g/mol. The Bertz CT molecular complexity index is 1110. The van der Waals surface area contributed by atoms with E-state index in [1.54, 1.807) is 43.3 Å². The van der Waals surface area contributed by atoms with Crippen molar-refractivity contribution in [2.75, 3.05) is 27.4 Å². The molecule has 0 aliphatic rings. The molecule has 0 saturated heterocycles. The molecule has 156 valence electrons. The lowest BCUT2D eigenvalue weighted by Crippen LogP contribution is -2.12. The third kappa shape index (κ3) is 4.57. The molecule has 9 nitrogen and oxygen atoms in total. The maximum atomic E-state index is 11.7. The molecule has 0 aliphatic heterocycles. The van der Waals surface area contributed by atoms with Crippen LogP contribution in [0.3, 0.4) is 0 Å². The van der Waals surface area contributed by atoms with Crippen LogP contribution < -0.4 is 9.47 Å². The molecule has 0 bridgehead atoms. The number of nitrogens with zero attached hydrogens (tertiary/aromatic N) is 3. The van der Waals surface area contributed by atoms with Crippen molar-refractivity contribution >= 4 is 23.0 Å². The lowest BCUT2D eigenvalue weighted by atomic mass is 10.2. The molecule has 0 radical (unpaired) electrons. The summed E-state index contributed by atoms with van der Waals surface area (Å²) in [6.07, 6.45) is 0. The van der Waals surface area contributed by atoms with Crippen molar-refractivity contribution in [2.24, 2.45) is 0 Å². The predicted molar refractivity (Wildman–Crippen MR) is 108 cm³/mol. The highest BCUT2D eigenvalue weighted by molar-refractivity contribution is 5.93. The molecule has 0 atom stereocenters. The van der Waals surface area contributed by atoms with Gasteiger partial charge in [0.05, 0.1) is 25.5 Å². The zero-order valence-electron chi connectivity index (χ0n) is 16.9. The van der Waals surface area contributed by atoms with Crippen molar-refractivity contribution in [1.82, 2.24) is 15.0 Å². The Labute approximate surface area is 172 Å². The van der Waals surface area contributed by atoms with Gasteiger partial charge in [-0.1, -0.05) is 6.58 Å². The molecule has 1 heterocycles. The van der Waals surface area contributed by atoms with Crippen molar-refractivity contribution in [1.29, 1.82) is 0 Å². The molecular formula is C21H21N3O6. The molecule has 3 rings (SSSR count). The van der Waals surface area contributed by atoms with E-state index in [-0.39, 0.29) is 13.2 Å². The van der Waals surface area contributed by atoms with Crippen molar-refractivity contribution < 1.29 is 28.5 Å².